The number of benzene rings is 1. The first-order valence-corrected chi connectivity index (χ1v) is 13.7. The largest absolute Gasteiger partial charge is 0.383 e. The molecule has 0 spiro atoms. The van der Waals surface area contributed by atoms with E-state index in [0.29, 0.717) is 103 Å². The molecule has 0 saturated heterocycles. The van der Waals surface area contributed by atoms with Crippen LogP contribution in [0.5, 0.6) is 0 Å². The molecule has 214 valence electrons. The molecule has 2 rings (SSSR count). The lowest BCUT2D eigenvalue weighted by atomic mass is 10.1. The van der Waals surface area contributed by atoms with Crippen LogP contribution in [0.25, 0.3) is 0 Å². The number of amides is 1. The Morgan fingerprint density at radius 3 is 1.82 bits per heavy atom. The first-order valence-electron chi connectivity index (χ1n) is 12.8. The predicted octanol–water partition coefficient (Wildman–Crippen LogP) is 2.48. The van der Waals surface area contributed by atoms with E-state index in [0.717, 1.165) is 16.1 Å². The Morgan fingerprint density at radius 2 is 1.34 bits per heavy atom. The maximum Gasteiger partial charge on any atom is 0.257 e. The highest BCUT2D eigenvalue weighted by Gasteiger charge is 2.11. The van der Waals surface area contributed by atoms with Crippen LogP contribution in [-0.2, 0) is 28.4 Å². The number of aryl methyl sites for hydroxylation is 2. The molecule has 0 saturated carbocycles. The zero-order valence-corrected chi connectivity index (χ0v) is 23.3. The summed E-state index contributed by atoms with van der Waals surface area (Å²) in [6.07, 6.45) is 1.74. The van der Waals surface area contributed by atoms with Crippen molar-refractivity contribution in [3.8, 4) is 0 Å². The van der Waals surface area contributed by atoms with Gasteiger partial charge in [-0.2, -0.15) is 0 Å². The Hall–Kier alpha value is -2.16. The second-order valence-corrected chi connectivity index (χ2v) is 9.38. The third kappa shape index (κ3) is 14.7. The first-order chi connectivity index (χ1) is 18.6. The molecule has 0 bridgehead atoms. The highest BCUT2D eigenvalue weighted by molar-refractivity contribution is 7.15. The molecule has 0 atom stereocenters. The number of carbonyl (C=O) groups excluding carboxylic acids is 1. The average molecular weight is 555 g/mol. The summed E-state index contributed by atoms with van der Waals surface area (Å²) >= 11 is 1.45. The van der Waals surface area contributed by atoms with Crippen molar-refractivity contribution in [1.29, 1.82) is 0 Å². The molecule has 1 amide bonds. The Morgan fingerprint density at radius 1 is 0.816 bits per heavy atom. The molecule has 0 aliphatic rings. The smallest absolute Gasteiger partial charge is 0.257 e. The molecule has 1 aromatic heterocycles. The predicted molar refractivity (Wildman–Crippen MR) is 148 cm³/mol. The van der Waals surface area contributed by atoms with Crippen LogP contribution in [0, 0.1) is 13.8 Å². The Balaban J connectivity index is 1.38. The van der Waals surface area contributed by atoms with Crippen LogP contribution in [-0.4, -0.2) is 103 Å². The zero-order chi connectivity index (χ0) is 27.3. The topological polar surface area (TPSA) is 135 Å². The molecule has 1 aromatic carbocycles. The molecule has 0 unspecified atom stereocenters. The minimum absolute atomic E-state index is 0.160. The third-order valence-corrected chi connectivity index (χ3v) is 5.84. The van der Waals surface area contributed by atoms with Crippen molar-refractivity contribution >= 4 is 28.1 Å². The normalized spacial score (nSPS) is 11.1. The number of aromatic nitrogens is 1. The van der Waals surface area contributed by atoms with Crippen LogP contribution in [0.2, 0.25) is 0 Å². The lowest BCUT2D eigenvalue weighted by molar-refractivity contribution is -0.0159. The molecule has 0 aliphatic carbocycles. The van der Waals surface area contributed by atoms with E-state index in [-0.39, 0.29) is 5.91 Å². The molecule has 0 fully saturated rings. The average Bonchev–Trinajstić information content (AvgIpc) is 3.31. The Labute approximate surface area is 229 Å². The van der Waals surface area contributed by atoms with Crippen LogP contribution in [0.3, 0.4) is 0 Å². The fraction of sp³-hybridized carbons (Fsp3) is 0.615. The number of thiazole rings is 1. The maximum atomic E-state index is 12.5. The number of nitrogens with zero attached hydrogens (tertiary/aromatic N) is 1. The summed E-state index contributed by atoms with van der Waals surface area (Å²) in [7, 11) is 0. The van der Waals surface area contributed by atoms with Crippen LogP contribution < -0.4 is 16.4 Å². The van der Waals surface area contributed by atoms with Gasteiger partial charge >= 0.3 is 0 Å². The third-order valence-electron chi connectivity index (χ3n) is 5.01. The van der Waals surface area contributed by atoms with Crippen molar-refractivity contribution in [3.63, 3.8) is 0 Å². The van der Waals surface area contributed by atoms with E-state index in [1.807, 2.05) is 32.0 Å². The van der Waals surface area contributed by atoms with E-state index in [2.05, 4.69) is 15.6 Å². The molecule has 12 heteroatoms. The van der Waals surface area contributed by atoms with Gasteiger partial charge in [0.05, 0.1) is 79.3 Å². The molecule has 0 aliphatic heterocycles. The number of anilines is 2. The number of hydrogen-bond acceptors (Lipinski definition) is 11. The van der Waals surface area contributed by atoms with Crippen molar-refractivity contribution in [2.45, 2.75) is 13.8 Å². The molecule has 4 N–H and O–H groups in total. The summed E-state index contributed by atoms with van der Waals surface area (Å²) in [5, 5.41) is 6.75. The Kier molecular flexibility index (Phi) is 17.5. The van der Waals surface area contributed by atoms with Crippen molar-refractivity contribution in [3.05, 3.63) is 40.4 Å². The number of hydrogen-bond donors (Lipinski definition) is 3. The Bertz CT molecular complexity index is 900. The number of carbonyl (C=O) groups is 1. The summed E-state index contributed by atoms with van der Waals surface area (Å²) in [6.45, 7) is 11.4. The van der Waals surface area contributed by atoms with E-state index in [4.69, 9.17) is 34.2 Å². The summed E-state index contributed by atoms with van der Waals surface area (Å²) in [5.74, 6) is -0.160. The van der Waals surface area contributed by atoms with Gasteiger partial charge in [-0.3, -0.25) is 10.1 Å². The lowest BCUT2D eigenvalue weighted by Crippen LogP contribution is -2.16. The second-order valence-electron chi connectivity index (χ2n) is 8.15. The van der Waals surface area contributed by atoms with E-state index in [1.165, 1.54) is 11.3 Å². The van der Waals surface area contributed by atoms with Gasteiger partial charge in [0, 0.05) is 35.4 Å². The minimum atomic E-state index is -0.160. The second kappa shape index (κ2) is 20.8. The monoisotopic (exact) mass is 554 g/mol. The van der Waals surface area contributed by atoms with Gasteiger partial charge in [0.15, 0.2) is 5.13 Å². The fourth-order valence-electron chi connectivity index (χ4n) is 3.16. The van der Waals surface area contributed by atoms with E-state index >= 15 is 0 Å². The molecule has 0 radical (unpaired) electrons. The van der Waals surface area contributed by atoms with Crippen LogP contribution in [0.4, 0.5) is 10.8 Å². The lowest BCUT2D eigenvalue weighted by Gasteiger charge is -2.11. The highest BCUT2D eigenvalue weighted by Crippen LogP contribution is 2.20. The molecular weight excluding hydrogens is 512 g/mol. The van der Waals surface area contributed by atoms with Crippen LogP contribution in [0.15, 0.2) is 24.4 Å². The van der Waals surface area contributed by atoms with Gasteiger partial charge in [0.1, 0.15) is 0 Å². The molecule has 11 nitrogen and oxygen atoms in total. The van der Waals surface area contributed by atoms with Crippen molar-refractivity contribution < 1.29 is 33.2 Å². The van der Waals surface area contributed by atoms with Crippen molar-refractivity contribution in [1.82, 2.24) is 4.98 Å². The van der Waals surface area contributed by atoms with E-state index in [1.54, 1.807) is 6.20 Å². The van der Waals surface area contributed by atoms with Gasteiger partial charge in [-0.05, 0) is 37.6 Å². The van der Waals surface area contributed by atoms with E-state index < -0.39 is 0 Å². The van der Waals surface area contributed by atoms with Crippen molar-refractivity contribution in [2.24, 2.45) is 5.73 Å². The quantitative estimate of drug-likeness (QED) is 0.176. The minimum Gasteiger partial charge on any atom is -0.383 e. The fourth-order valence-corrected chi connectivity index (χ4v) is 3.82. The van der Waals surface area contributed by atoms with Crippen LogP contribution >= 0.6 is 11.3 Å². The van der Waals surface area contributed by atoms with Gasteiger partial charge in [0.2, 0.25) is 0 Å². The number of ether oxygens (including phenoxy) is 6. The maximum absolute atomic E-state index is 12.5. The standard InChI is InChI=1S/C26H42N4O7S/c1-21-19-23(3-4-24(21)25(31)30-26-29-20-22(2)38-26)28-6-8-33-10-12-35-14-16-37-18-17-36-15-13-34-11-9-32-7-5-27/h3-4,19-20,28H,5-18,27H2,1-2H3,(H,29,30,31). The SMILES string of the molecule is Cc1cnc(NC(=O)c2ccc(NCCOCCOCCOCCOCCOCCOCCN)cc2C)s1. The van der Waals surface area contributed by atoms with Crippen molar-refractivity contribution in [2.75, 3.05) is 103 Å². The van der Waals surface area contributed by atoms with Gasteiger partial charge in [-0.1, -0.05) is 0 Å². The first kappa shape index (κ1) is 32.1. The molecule has 2 aromatic rings. The summed E-state index contributed by atoms with van der Waals surface area (Å²) in [5.41, 5.74) is 7.77. The zero-order valence-electron chi connectivity index (χ0n) is 22.5. The summed E-state index contributed by atoms with van der Waals surface area (Å²) < 4.78 is 32.5. The molecule has 38 heavy (non-hydrogen) atoms. The van der Waals surface area contributed by atoms with Crippen LogP contribution in [0.1, 0.15) is 20.8 Å². The number of nitrogens with two attached hydrogens (primary N) is 1. The van der Waals surface area contributed by atoms with Gasteiger partial charge in [0.25, 0.3) is 5.91 Å². The van der Waals surface area contributed by atoms with Gasteiger partial charge in [-0.15, -0.1) is 11.3 Å². The van der Waals surface area contributed by atoms with Gasteiger partial charge in [-0.25, -0.2) is 4.98 Å². The number of rotatable bonds is 23. The van der Waals surface area contributed by atoms with Gasteiger partial charge < -0.3 is 39.5 Å². The number of nitrogens with one attached hydrogen (secondary N) is 2. The summed E-state index contributed by atoms with van der Waals surface area (Å²) in [6, 6.07) is 5.65. The highest BCUT2D eigenvalue weighted by atomic mass is 32.1. The molecule has 1 heterocycles. The summed E-state index contributed by atoms with van der Waals surface area (Å²) in [4.78, 5) is 17.7. The molecular formula is C26H42N4O7S. The van der Waals surface area contributed by atoms with E-state index in [9.17, 15) is 4.79 Å².